The number of halogens is 2. The second-order valence-corrected chi connectivity index (χ2v) is 3.51. The smallest absolute Gasteiger partial charge is 0.288 e. The normalized spacial score (nSPS) is 22.6. The van der Waals surface area contributed by atoms with E-state index in [1.165, 1.54) is 24.5 Å². The van der Waals surface area contributed by atoms with Crippen LogP contribution in [0.1, 0.15) is 18.4 Å². The van der Waals surface area contributed by atoms with Crippen molar-refractivity contribution in [1.82, 2.24) is 10.3 Å². The third-order valence-electron chi connectivity index (χ3n) is 2.56. The lowest BCUT2D eigenvalue weighted by Crippen LogP contribution is -2.38. The van der Waals surface area contributed by atoms with Crippen LogP contribution >= 0.6 is 0 Å². The van der Waals surface area contributed by atoms with Crippen LogP contribution < -0.4 is 5.32 Å². The van der Waals surface area contributed by atoms with Crippen molar-refractivity contribution in [2.24, 2.45) is 0 Å². The average Bonchev–Trinajstić information content (AvgIpc) is 2.72. The van der Waals surface area contributed by atoms with Crippen LogP contribution in [0.25, 0.3) is 0 Å². The van der Waals surface area contributed by atoms with Crippen molar-refractivity contribution in [3.05, 3.63) is 30.1 Å². The van der Waals surface area contributed by atoms with Gasteiger partial charge in [-0.2, -0.15) is 8.78 Å². The molecule has 1 fully saturated rings. The molecule has 2 heterocycles. The highest BCUT2D eigenvalue weighted by Crippen LogP contribution is 2.34. The van der Waals surface area contributed by atoms with E-state index in [2.05, 4.69) is 10.3 Å². The first-order valence-electron chi connectivity index (χ1n) is 4.73. The van der Waals surface area contributed by atoms with Crippen molar-refractivity contribution in [3.8, 4) is 0 Å². The van der Waals surface area contributed by atoms with Gasteiger partial charge in [0.25, 0.3) is 5.92 Å². The second-order valence-electron chi connectivity index (χ2n) is 3.51. The van der Waals surface area contributed by atoms with Crippen LogP contribution in [-0.2, 0) is 5.92 Å². The van der Waals surface area contributed by atoms with Gasteiger partial charge in [0.05, 0.1) is 6.04 Å². The van der Waals surface area contributed by atoms with Gasteiger partial charge < -0.3 is 5.32 Å². The third kappa shape index (κ3) is 1.62. The van der Waals surface area contributed by atoms with Crippen molar-refractivity contribution in [1.29, 1.82) is 0 Å². The summed E-state index contributed by atoms with van der Waals surface area (Å²) in [6, 6.07) is 2.03. The van der Waals surface area contributed by atoms with Crippen LogP contribution in [0.4, 0.5) is 8.78 Å². The molecule has 0 bridgehead atoms. The molecule has 0 aromatic carbocycles. The van der Waals surface area contributed by atoms with Gasteiger partial charge in [-0.3, -0.25) is 4.98 Å². The van der Waals surface area contributed by atoms with Gasteiger partial charge in [0.15, 0.2) is 0 Å². The van der Waals surface area contributed by atoms with Crippen molar-refractivity contribution in [2.75, 3.05) is 6.54 Å². The monoisotopic (exact) mass is 198 g/mol. The fourth-order valence-corrected chi connectivity index (χ4v) is 1.77. The topological polar surface area (TPSA) is 24.9 Å². The molecule has 0 aliphatic carbocycles. The average molecular weight is 198 g/mol. The van der Waals surface area contributed by atoms with E-state index in [9.17, 15) is 8.78 Å². The summed E-state index contributed by atoms with van der Waals surface area (Å²) in [6.07, 6.45) is 4.16. The lowest BCUT2D eigenvalue weighted by atomic mass is 10.0. The van der Waals surface area contributed by atoms with Crippen molar-refractivity contribution in [2.45, 2.75) is 24.8 Å². The Morgan fingerprint density at radius 1 is 1.36 bits per heavy atom. The van der Waals surface area contributed by atoms with Gasteiger partial charge in [-0.15, -0.1) is 0 Å². The number of hydrogen-bond donors (Lipinski definition) is 1. The van der Waals surface area contributed by atoms with Gasteiger partial charge >= 0.3 is 0 Å². The van der Waals surface area contributed by atoms with Crippen molar-refractivity contribution in [3.63, 3.8) is 0 Å². The zero-order valence-electron chi connectivity index (χ0n) is 7.71. The molecule has 1 aromatic rings. The molecule has 1 aliphatic rings. The Bertz CT molecular complexity index is 294. The van der Waals surface area contributed by atoms with Crippen LogP contribution in [0, 0.1) is 0 Å². The van der Waals surface area contributed by atoms with Gasteiger partial charge in [0.2, 0.25) is 0 Å². The molecule has 1 aliphatic heterocycles. The molecular weight excluding hydrogens is 186 g/mol. The summed E-state index contributed by atoms with van der Waals surface area (Å²) in [6.45, 7) is 0.686. The summed E-state index contributed by atoms with van der Waals surface area (Å²) in [5.41, 5.74) is 0.0481. The number of alkyl halides is 2. The molecule has 0 spiro atoms. The maximum absolute atomic E-state index is 13.8. The molecule has 1 aromatic heterocycles. The van der Waals surface area contributed by atoms with Gasteiger partial charge in [-0.1, -0.05) is 0 Å². The van der Waals surface area contributed by atoms with E-state index in [1.54, 1.807) is 0 Å². The Hall–Kier alpha value is -1.03. The van der Waals surface area contributed by atoms with E-state index in [1.807, 2.05) is 0 Å². The molecule has 1 unspecified atom stereocenters. The minimum Gasteiger partial charge on any atom is -0.308 e. The Kier molecular flexibility index (Phi) is 2.46. The Morgan fingerprint density at radius 2 is 2.07 bits per heavy atom. The fourth-order valence-electron chi connectivity index (χ4n) is 1.77. The van der Waals surface area contributed by atoms with Gasteiger partial charge in [0.1, 0.15) is 0 Å². The highest BCUT2D eigenvalue weighted by Gasteiger charge is 2.42. The summed E-state index contributed by atoms with van der Waals surface area (Å²) in [5.74, 6) is -2.78. The maximum Gasteiger partial charge on any atom is 0.288 e. The molecule has 0 radical (unpaired) electrons. The first kappa shape index (κ1) is 9.52. The quantitative estimate of drug-likeness (QED) is 0.785. The highest BCUT2D eigenvalue weighted by molar-refractivity contribution is 5.19. The van der Waals surface area contributed by atoms with E-state index >= 15 is 0 Å². The fraction of sp³-hybridized carbons (Fsp3) is 0.500. The lowest BCUT2D eigenvalue weighted by Gasteiger charge is -2.23. The Balaban J connectivity index is 2.22. The predicted molar refractivity (Wildman–Crippen MR) is 49.2 cm³/mol. The maximum atomic E-state index is 13.8. The number of nitrogens with one attached hydrogen (secondary N) is 1. The van der Waals surface area contributed by atoms with Crippen LogP contribution in [0.2, 0.25) is 0 Å². The SMILES string of the molecule is FC(F)(c1ccncc1)C1CCCN1. The number of nitrogens with zero attached hydrogens (tertiary/aromatic N) is 1. The summed E-state index contributed by atoms with van der Waals surface area (Å²) in [7, 11) is 0. The second kappa shape index (κ2) is 3.61. The zero-order valence-corrected chi connectivity index (χ0v) is 7.71. The molecule has 1 saturated heterocycles. The van der Waals surface area contributed by atoms with Gasteiger partial charge in [-0.25, -0.2) is 0 Å². The summed E-state index contributed by atoms with van der Waals surface area (Å²) < 4.78 is 27.5. The lowest BCUT2D eigenvalue weighted by molar-refractivity contribution is -0.0377. The van der Waals surface area contributed by atoms with E-state index in [4.69, 9.17) is 0 Å². The Morgan fingerprint density at radius 3 is 2.64 bits per heavy atom. The van der Waals surface area contributed by atoms with Crippen LogP contribution in [-0.4, -0.2) is 17.6 Å². The Labute approximate surface area is 81.4 Å². The van der Waals surface area contributed by atoms with Crippen LogP contribution in [0.15, 0.2) is 24.5 Å². The molecule has 76 valence electrons. The number of aromatic nitrogens is 1. The van der Waals surface area contributed by atoms with Crippen LogP contribution in [0.3, 0.4) is 0 Å². The minimum atomic E-state index is -2.78. The molecule has 2 nitrogen and oxygen atoms in total. The highest BCUT2D eigenvalue weighted by atomic mass is 19.3. The summed E-state index contributed by atoms with van der Waals surface area (Å²) in [5, 5.41) is 2.82. The number of rotatable bonds is 2. The number of hydrogen-bond acceptors (Lipinski definition) is 2. The third-order valence-corrected chi connectivity index (χ3v) is 2.56. The van der Waals surface area contributed by atoms with Crippen molar-refractivity contribution < 1.29 is 8.78 Å². The molecule has 1 atom stereocenters. The predicted octanol–water partition coefficient (Wildman–Crippen LogP) is 1.93. The first-order chi connectivity index (χ1) is 6.71. The molecule has 0 amide bonds. The molecule has 2 rings (SSSR count). The standard InChI is InChI=1S/C10H12F2N2/c11-10(12,9-2-1-5-14-9)8-3-6-13-7-4-8/h3-4,6-7,9,14H,1-2,5H2. The zero-order chi connectivity index (χ0) is 10.0. The van der Waals surface area contributed by atoms with Crippen LogP contribution in [0.5, 0.6) is 0 Å². The molecule has 14 heavy (non-hydrogen) atoms. The first-order valence-corrected chi connectivity index (χ1v) is 4.73. The largest absolute Gasteiger partial charge is 0.308 e. The van der Waals surface area contributed by atoms with Gasteiger partial charge in [0, 0.05) is 18.0 Å². The van der Waals surface area contributed by atoms with Gasteiger partial charge in [-0.05, 0) is 31.5 Å². The minimum absolute atomic E-state index is 0.0481. The van der Waals surface area contributed by atoms with E-state index in [0.29, 0.717) is 13.0 Å². The molecule has 1 N–H and O–H groups in total. The number of pyridine rings is 1. The molecule has 0 saturated carbocycles. The van der Waals surface area contributed by atoms with E-state index in [0.717, 1.165) is 6.42 Å². The van der Waals surface area contributed by atoms with E-state index < -0.39 is 12.0 Å². The van der Waals surface area contributed by atoms with E-state index in [-0.39, 0.29) is 5.56 Å². The summed E-state index contributed by atoms with van der Waals surface area (Å²) >= 11 is 0. The summed E-state index contributed by atoms with van der Waals surface area (Å²) in [4.78, 5) is 3.73. The molecule has 4 heteroatoms. The van der Waals surface area contributed by atoms with Crippen molar-refractivity contribution >= 4 is 0 Å². The molecular formula is C10H12F2N2.